The molecule has 41 heavy (non-hydrogen) atoms. The van der Waals surface area contributed by atoms with E-state index in [0.29, 0.717) is 25.1 Å². The summed E-state index contributed by atoms with van der Waals surface area (Å²) in [6.45, 7) is 9.61. The number of amides is 1. The van der Waals surface area contributed by atoms with Crippen LogP contribution in [0.2, 0.25) is 0 Å². The van der Waals surface area contributed by atoms with Crippen LogP contribution < -0.4 is 14.5 Å². The number of nitrogens with zero attached hydrogens (tertiary/aromatic N) is 4. The molecule has 3 aromatic carbocycles. The van der Waals surface area contributed by atoms with E-state index in [9.17, 15) is 13.2 Å². The highest BCUT2D eigenvalue weighted by Crippen LogP contribution is 2.34. The van der Waals surface area contributed by atoms with Gasteiger partial charge in [-0.2, -0.15) is 0 Å². The minimum Gasteiger partial charge on any atom is -0.351 e. The largest absolute Gasteiger partial charge is 0.351 e. The minimum absolute atomic E-state index is 0. The number of hydrogen-bond donors (Lipinski definition) is 1. The summed E-state index contributed by atoms with van der Waals surface area (Å²) < 4.78 is 29.2. The van der Waals surface area contributed by atoms with Gasteiger partial charge in [-0.1, -0.05) is 41.7 Å². The second-order valence-electron chi connectivity index (χ2n) is 10.4. The first-order valence-electron chi connectivity index (χ1n) is 13.6. The maximum absolute atomic E-state index is 13.2. The number of nitrogens with one attached hydrogen (secondary N) is 1. The first-order valence-corrected chi connectivity index (χ1v) is 15.9. The number of halogens is 1. The van der Waals surface area contributed by atoms with Crippen LogP contribution in [0.25, 0.3) is 10.2 Å². The van der Waals surface area contributed by atoms with Gasteiger partial charge in [-0.15, -0.1) is 12.4 Å². The third-order valence-electron chi connectivity index (χ3n) is 7.84. The van der Waals surface area contributed by atoms with Gasteiger partial charge in [0, 0.05) is 51.4 Å². The molecular formula is C30H34ClN5O3S2. The number of para-hydroxylation sites is 1. The van der Waals surface area contributed by atoms with Gasteiger partial charge in [0.2, 0.25) is 0 Å². The van der Waals surface area contributed by atoms with Crippen molar-refractivity contribution in [2.75, 3.05) is 55.0 Å². The van der Waals surface area contributed by atoms with Crippen LogP contribution in [0.1, 0.15) is 27.0 Å². The Morgan fingerprint density at radius 3 is 2.37 bits per heavy atom. The number of hydrogen-bond acceptors (Lipinski definition) is 7. The van der Waals surface area contributed by atoms with Crippen LogP contribution >= 0.6 is 23.7 Å². The summed E-state index contributed by atoms with van der Waals surface area (Å²) in [5, 5.41) is 4.06. The van der Waals surface area contributed by atoms with Crippen LogP contribution in [0.15, 0.2) is 65.6 Å². The molecule has 11 heteroatoms. The highest BCUT2D eigenvalue weighted by atomic mass is 35.5. The Morgan fingerprint density at radius 1 is 0.927 bits per heavy atom. The molecule has 3 heterocycles. The summed E-state index contributed by atoms with van der Waals surface area (Å²) in [6, 6.07) is 18.1. The Kier molecular flexibility index (Phi) is 8.56. The zero-order valence-corrected chi connectivity index (χ0v) is 25.6. The summed E-state index contributed by atoms with van der Waals surface area (Å²) in [5.74, 6) is -0.200. The Bertz CT molecular complexity index is 1630. The van der Waals surface area contributed by atoms with Crippen molar-refractivity contribution in [3.8, 4) is 0 Å². The highest BCUT2D eigenvalue weighted by Gasteiger charge is 2.30. The molecule has 8 nitrogen and oxygen atoms in total. The van der Waals surface area contributed by atoms with Crippen molar-refractivity contribution in [3.63, 3.8) is 0 Å². The lowest BCUT2D eigenvalue weighted by Gasteiger charge is -2.34. The van der Waals surface area contributed by atoms with Crippen molar-refractivity contribution >= 4 is 60.7 Å². The van der Waals surface area contributed by atoms with Crippen molar-refractivity contribution in [1.29, 1.82) is 0 Å². The van der Waals surface area contributed by atoms with Crippen LogP contribution in [0.3, 0.4) is 0 Å². The van der Waals surface area contributed by atoms with Crippen molar-refractivity contribution in [2.45, 2.75) is 25.2 Å². The van der Waals surface area contributed by atoms with E-state index in [0.717, 1.165) is 54.6 Å². The number of aromatic nitrogens is 1. The maximum Gasteiger partial charge on any atom is 0.264 e. The number of fused-ring (bicyclic) bond motifs is 2. The lowest BCUT2D eigenvalue weighted by molar-refractivity contribution is 0.0947. The molecule has 2 aliphatic heterocycles. The number of piperazine rings is 1. The molecule has 0 atom stereocenters. The zero-order valence-electron chi connectivity index (χ0n) is 23.2. The average Bonchev–Trinajstić information content (AvgIpc) is 3.62. The summed E-state index contributed by atoms with van der Waals surface area (Å²) in [5.41, 5.74) is 5.81. The van der Waals surface area contributed by atoms with Crippen LogP contribution in [0, 0.1) is 13.8 Å². The van der Waals surface area contributed by atoms with Gasteiger partial charge in [-0.05, 0) is 67.3 Å². The summed E-state index contributed by atoms with van der Waals surface area (Å²) in [4.78, 5) is 22.6. The predicted molar refractivity (Wildman–Crippen MR) is 168 cm³/mol. The molecule has 1 N–H and O–H groups in total. The molecule has 0 spiro atoms. The fourth-order valence-electron chi connectivity index (χ4n) is 5.44. The minimum atomic E-state index is -3.68. The fraction of sp³-hybridized carbons (Fsp3) is 0.333. The van der Waals surface area contributed by atoms with Crippen molar-refractivity contribution in [2.24, 2.45) is 0 Å². The van der Waals surface area contributed by atoms with Gasteiger partial charge in [0.25, 0.3) is 15.9 Å². The number of sulfonamides is 1. The summed E-state index contributed by atoms with van der Waals surface area (Å²) in [6.07, 6.45) is 0.701. The fourth-order valence-corrected chi connectivity index (χ4v) is 8.11. The topological polar surface area (TPSA) is 85.8 Å². The lowest BCUT2D eigenvalue weighted by atomic mass is 10.1. The van der Waals surface area contributed by atoms with Crippen molar-refractivity contribution in [1.82, 2.24) is 15.2 Å². The number of rotatable bonds is 7. The Balaban J connectivity index is 0.00000337. The highest BCUT2D eigenvalue weighted by molar-refractivity contribution is 7.92. The molecule has 0 bridgehead atoms. The molecule has 1 amide bonds. The molecule has 2 aliphatic rings. The summed E-state index contributed by atoms with van der Waals surface area (Å²) in [7, 11) is -3.68. The SMILES string of the molecule is Cc1ccc(C)c2sc(N3CCN(CCNC(=O)c4ccc(S(=O)(=O)N5CCc6ccccc65)cc4)CC3)nc12.Cl. The van der Waals surface area contributed by atoms with Gasteiger partial charge in [-0.25, -0.2) is 13.4 Å². The van der Waals surface area contributed by atoms with E-state index in [4.69, 9.17) is 4.98 Å². The molecule has 216 valence electrons. The number of thiazole rings is 1. The molecule has 6 rings (SSSR count). The molecule has 1 saturated heterocycles. The van der Waals surface area contributed by atoms with E-state index in [1.54, 1.807) is 23.5 Å². The smallest absolute Gasteiger partial charge is 0.264 e. The number of carbonyl (C=O) groups is 1. The van der Waals surface area contributed by atoms with Gasteiger partial charge in [-0.3, -0.25) is 14.0 Å². The second-order valence-corrected chi connectivity index (χ2v) is 13.3. The molecule has 4 aromatic rings. The molecular weight excluding hydrogens is 578 g/mol. The van der Waals surface area contributed by atoms with E-state index in [1.165, 1.54) is 32.3 Å². The monoisotopic (exact) mass is 611 g/mol. The van der Waals surface area contributed by atoms with Gasteiger partial charge in [0.1, 0.15) is 0 Å². The Hall–Kier alpha value is -3.18. The van der Waals surface area contributed by atoms with E-state index in [1.807, 2.05) is 24.3 Å². The number of benzene rings is 3. The summed E-state index contributed by atoms with van der Waals surface area (Å²) >= 11 is 1.77. The molecule has 0 aliphatic carbocycles. The van der Waals surface area contributed by atoms with Gasteiger partial charge in [0.05, 0.1) is 20.8 Å². The van der Waals surface area contributed by atoms with Crippen molar-refractivity contribution < 1.29 is 13.2 Å². The zero-order chi connectivity index (χ0) is 27.9. The van der Waals surface area contributed by atoms with E-state index in [2.05, 4.69) is 41.1 Å². The third-order valence-corrected chi connectivity index (χ3v) is 10.9. The second kappa shape index (κ2) is 12.0. The quantitative estimate of drug-likeness (QED) is 0.328. The van der Waals surface area contributed by atoms with E-state index >= 15 is 0 Å². The Morgan fingerprint density at radius 2 is 1.63 bits per heavy atom. The van der Waals surface area contributed by atoms with Crippen LogP contribution in [0.4, 0.5) is 10.8 Å². The van der Waals surface area contributed by atoms with Gasteiger partial charge in [0.15, 0.2) is 5.13 Å². The molecule has 1 fully saturated rings. The number of aryl methyl sites for hydroxylation is 2. The normalized spacial score (nSPS) is 15.6. The maximum atomic E-state index is 13.2. The predicted octanol–water partition coefficient (Wildman–Crippen LogP) is 4.64. The van der Waals surface area contributed by atoms with Crippen LogP contribution in [0.5, 0.6) is 0 Å². The standard InChI is InChI=1S/C30H33N5O3S2.ClH/c1-21-7-8-22(2)28-27(21)32-30(39-28)34-19-17-33(18-20-34)16-14-31-29(36)24-9-11-25(12-10-24)40(37,38)35-15-13-23-5-3-4-6-26(23)35;/h3-12H,13-20H2,1-2H3,(H,31,36);1H. The van der Waals surface area contributed by atoms with Gasteiger partial charge >= 0.3 is 0 Å². The van der Waals surface area contributed by atoms with Crippen LogP contribution in [-0.4, -0.2) is 70.0 Å². The Labute approximate surface area is 251 Å². The number of carbonyl (C=O) groups excluding carboxylic acids is 1. The van der Waals surface area contributed by atoms with Crippen LogP contribution in [-0.2, 0) is 16.4 Å². The molecule has 0 radical (unpaired) electrons. The lowest BCUT2D eigenvalue weighted by Crippen LogP contribution is -2.48. The average molecular weight is 612 g/mol. The van der Waals surface area contributed by atoms with E-state index in [-0.39, 0.29) is 23.2 Å². The first kappa shape index (κ1) is 29.3. The first-order chi connectivity index (χ1) is 19.3. The molecule has 1 aromatic heterocycles. The van der Waals surface area contributed by atoms with E-state index < -0.39 is 10.0 Å². The molecule has 0 saturated carbocycles. The van der Waals surface area contributed by atoms with Gasteiger partial charge < -0.3 is 10.2 Å². The third kappa shape index (κ3) is 5.79. The molecule has 0 unspecified atom stereocenters. The van der Waals surface area contributed by atoms with Crippen molar-refractivity contribution in [3.05, 3.63) is 82.9 Å². The number of anilines is 2.